The molecular formula is C20H30N4O3. The molecule has 0 unspecified atom stereocenters. The fourth-order valence-electron chi connectivity index (χ4n) is 3.24. The monoisotopic (exact) mass is 374 g/mol. The third-order valence-electron chi connectivity index (χ3n) is 4.80. The van der Waals surface area contributed by atoms with Gasteiger partial charge < -0.3 is 21.3 Å². The van der Waals surface area contributed by atoms with Crippen LogP contribution in [0.25, 0.3) is 0 Å². The number of benzene rings is 1. The molecule has 0 atom stereocenters. The maximum absolute atomic E-state index is 12.1. The summed E-state index contributed by atoms with van der Waals surface area (Å²) in [6, 6.07) is 5.28. The molecule has 4 amide bonds. The molecule has 7 nitrogen and oxygen atoms in total. The predicted molar refractivity (Wildman–Crippen MR) is 106 cm³/mol. The summed E-state index contributed by atoms with van der Waals surface area (Å²) in [4.78, 5) is 35.5. The van der Waals surface area contributed by atoms with E-state index in [1.54, 1.807) is 25.2 Å². The Bertz CT molecular complexity index is 669. The average molecular weight is 374 g/mol. The molecule has 1 saturated carbocycles. The van der Waals surface area contributed by atoms with Crippen LogP contribution in [0.15, 0.2) is 18.2 Å². The van der Waals surface area contributed by atoms with Crippen molar-refractivity contribution in [3.05, 3.63) is 29.3 Å². The average Bonchev–Trinajstić information content (AvgIpc) is 2.67. The molecule has 4 N–H and O–H groups in total. The van der Waals surface area contributed by atoms with E-state index in [0.29, 0.717) is 30.6 Å². The zero-order chi connectivity index (χ0) is 19.6. The molecule has 0 radical (unpaired) electrons. The molecule has 0 aromatic heterocycles. The maximum Gasteiger partial charge on any atom is 0.315 e. The van der Waals surface area contributed by atoms with Gasteiger partial charge in [-0.3, -0.25) is 9.59 Å². The van der Waals surface area contributed by atoms with Crippen molar-refractivity contribution in [3.63, 3.8) is 0 Å². The fraction of sp³-hybridized carbons (Fsp3) is 0.550. The second kappa shape index (κ2) is 10.5. The van der Waals surface area contributed by atoms with Crippen LogP contribution in [0, 0.1) is 6.92 Å². The standard InChI is InChI=1S/C20H30N4O3/c1-14-13-15(19(26)21-2)10-11-17(14)24-18(25)9-6-12-22-20(27)23-16-7-4-3-5-8-16/h10-11,13,16H,3-9,12H2,1-2H3,(H,21,26)(H,24,25)(H2,22,23,27). The zero-order valence-corrected chi connectivity index (χ0v) is 16.2. The van der Waals surface area contributed by atoms with Crippen LogP contribution in [-0.2, 0) is 4.79 Å². The second-order valence-corrected chi connectivity index (χ2v) is 7.00. The Kier molecular flexibility index (Phi) is 8.10. The van der Waals surface area contributed by atoms with Gasteiger partial charge in [0.15, 0.2) is 0 Å². The van der Waals surface area contributed by atoms with Gasteiger partial charge in [0.1, 0.15) is 0 Å². The minimum Gasteiger partial charge on any atom is -0.355 e. The first-order valence-corrected chi connectivity index (χ1v) is 9.66. The summed E-state index contributed by atoms with van der Waals surface area (Å²) in [6.45, 7) is 2.31. The van der Waals surface area contributed by atoms with E-state index in [1.165, 1.54) is 19.3 Å². The Hall–Kier alpha value is -2.57. The van der Waals surface area contributed by atoms with Crippen molar-refractivity contribution in [1.29, 1.82) is 0 Å². The molecule has 2 rings (SSSR count). The number of nitrogens with one attached hydrogen (secondary N) is 4. The fourth-order valence-corrected chi connectivity index (χ4v) is 3.24. The number of amides is 4. The highest BCUT2D eigenvalue weighted by atomic mass is 16.2. The number of hydrogen-bond acceptors (Lipinski definition) is 3. The largest absolute Gasteiger partial charge is 0.355 e. The van der Waals surface area contributed by atoms with Gasteiger partial charge in [0.2, 0.25) is 5.91 Å². The lowest BCUT2D eigenvalue weighted by atomic mass is 9.96. The van der Waals surface area contributed by atoms with Crippen molar-refractivity contribution in [2.45, 2.75) is 57.9 Å². The molecule has 0 heterocycles. The first-order valence-electron chi connectivity index (χ1n) is 9.66. The van der Waals surface area contributed by atoms with E-state index in [9.17, 15) is 14.4 Å². The second-order valence-electron chi connectivity index (χ2n) is 7.00. The third kappa shape index (κ3) is 6.92. The molecule has 0 bridgehead atoms. The van der Waals surface area contributed by atoms with Gasteiger partial charge in [0, 0.05) is 37.3 Å². The van der Waals surface area contributed by atoms with E-state index < -0.39 is 0 Å². The first kappa shape index (κ1) is 20.7. The molecule has 148 valence electrons. The van der Waals surface area contributed by atoms with Crippen molar-refractivity contribution >= 4 is 23.5 Å². The van der Waals surface area contributed by atoms with Crippen molar-refractivity contribution in [3.8, 4) is 0 Å². The van der Waals surface area contributed by atoms with E-state index >= 15 is 0 Å². The first-order chi connectivity index (χ1) is 13.0. The zero-order valence-electron chi connectivity index (χ0n) is 16.2. The highest BCUT2D eigenvalue weighted by Crippen LogP contribution is 2.18. The topological polar surface area (TPSA) is 99.3 Å². The van der Waals surface area contributed by atoms with Crippen LogP contribution in [-0.4, -0.2) is 37.5 Å². The number of aryl methyl sites for hydroxylation is 1. The molecule has 1 aromatic carbocycles. The van der Waals surface area contributed by atoms with E-state index in [0.717, 1.165) is 18.4 Å². The lowest BCUT2D eigenvalue weighted by molar-refractivity contribution is -0.116. The number of hydrogen-bond donors (Lipinski definition) is 4. The van der Waals surface area contributed by atoms with Gasteiger partial charge in [-0.1, -0.05) is 19.3 Å². The number of rotatable bonds is 7. The minimum absolute atomic E-state index is 0.111. The van der Waals surface area contributed by atoms with Crippen molar-refractivity contribution in [1.82, 2.24) is 16.0 Å². The Labute approximate surface area is 160 Å². The van der Waals surface area contributed by atoms with E-state index in [-0.39, 0.29) is 23.9 Å². The van der Waals surface area contributed by atoms with E-state index in [1.807, 2.05) is 6.92 Å². The highest BCUT2D eigenvalue weighted by molar-refractivity contribution is 5.96. The predicted octanol–water partition coefficient (Wildman–Crippen LogP) is 2.71. The molecule has 1 aliphatic carbocycles. The summed E-state index contributed by atoms with van der Waals surface area (Å²) in [5, 5.41) is 11.2. The van der Waals surface area contributed by atoms with E-state index in [2.05, 4.69) is 21.3 Å². The van der Waals surface area contributed by atoms with Crippen LogP contribution < -0.4 is 21.3 Å². The van der Waals surface area contributed by atoms with Crippen LogP contribution >= 0.6 is 0 Å². The lowest BCUT2D eigenvalue weighted by Crippen LogP contribution is -2.43. The molecule has 0 spiro atoms. The molecule has 27 heavy (non-hydrogen) atoms. The van der Waals surface area contributed by atoms with Crippen LogP contribution in [0.1, 0.15) is 60.9 Å². The van der Waals surface area contributed by atoms with Gasteiger partial charge in [-0.05, 0) is 49.9 Å². The minimum atomic E-state index is -0.159. The van der Waals surface area contributed by atoms with Gasteiger partial charge >= 0.3 is 6.03 Å². The molecular weight excluding hydrogens is 344 g/mol. The highest BCUT2D eigenvalue weighted by Gasteiger charge is 2.15. The Balaban J connectivity index is 1.67. The van der Waals surface area contributed by atoms with Gasteiger partial charge in [-0.15, -0.1) is 0 Å². The van der Waals surface area contributed by atoms with Crippen molar-refractivity contribution < 1.29 is 14.4 Å². The molecule has 0 aliphatic heterocycles. The number of carbonyl (C=O) groups is 3. The van der Waals surface area contributed by atoms with Gasteiger partial charge in [0.25, 0.3) is 5.91 Å². The summed E-state index contributed by atoms with van der Waals surface area (Å²) in [5.41, 5.74) is 2.08. The quantitative estimate of drug-likeness (QED) is 0.552. The lowest BCUT2D eigenvalue weighted by Gasteiger charge is -2.22. The summed E-state index contributed by atoms with van der Waals surface area (Å²) < 4.78 is 0. The van der Waals surface area contributed by atoms with Gasteiger partial charge in [-0.25, -0.2) is 4.79 Å². The van der Waals surface area contributed by atoms with Crippen LogP contribution in [0.4, 0.5) is 10.5 Å². The SMILES string of the molecule is CNC(=O)c1ccc(NC(=O)CCCNC(=O)NC2CCCCC2)c(C)c1. The van der Waals surface area contributed by atoms with Crippen molar-refractivity contribution in [2.75, 3.05) is 18.9 Å². The molecule has 1 aromatic rings. The number of anilines is 1. The Morgan fingerprint density at radius 3 is 2.52 bits per heavy atom. The van der Waals surface area contributed by atoms with Crippen LogP contribution in [0.2, 0.25) is 0 Å². The normalized spacial score (nSPS) is 14.3. The van der Waals surface area contributed by atoms with Gasteiger partial charge in [0.05, 0.1) is 0 Å². The molecule has 1 fully saturated rings. The van der Waals surface area contributed by atoms with Gasteiger partial charge in [-0.2, -0.15) is 0 Å². The summed E-state index contributed by atoms with van der Waals surface area (Å²) in [5.74, 6) is -0.270. The third-order valence-corrected chi connectivity index (χ3v) is 4.80. The Morgan fingerprint density at radius 2 is 1.85 bits per heavy atom. The van der Waals surface area contributed by atoms with E-state index in [4.69, 9.17) is 0 Å². The molecule has 1 aliphatic rings. The van der Waals surface area contributed by atoms with Crippen LogP contribution in [0.3, 0.4) is 0 Å². The van der Waals surface area contributed by atoms with Crippen molar-refractivity contribution in [2.24, 2.45) is 0 Å². The number of urea groups is 1. The smallest absolute Gasteiger partial charge is 0.315 e. The number of carbonyl (C=O) groups excluding carboxylic acids is 3. The summed E-state index contributed by atoms with van der Waals surface area (Å²) in [7, 11) is 1.58. The molecule has 7 heteroatoms. The van der Waals surface area contributed by atoms with Crippen LogP contribution in [0.5, 0.6) is 0 Å². The summed E-state index contributed by atoms with van der Waals surface area (Å²) >= 11 is 0. The summed E-state index contributed by atoms with van der Waals surface area (Å²) in [6.07, 6.45) is 6.59. The Morgan fingerprint density at radius 1 is 1.11 bits per heavy atom. The molecule has 0 saturated heterocycles. The maximum atomic E-state index is 12.1.